The lowest BCUT2D eigenvalue weighted by molar-refractivity contribution is -0.144. The van der Waals surface area contributed by atoms with E-state index in [9.17, 15) is 9.59 Å². The molecule has 23 heavy (non-hydrogen) atoms. The SMILES string of the molecule is CC(C(=O)O)N1C(=O)/C(=C/c2ccc(C(C)(C)C)cc2)SC1=S. The van der Waals surface area contributed by atoms with E-state index in [4.69, 9.17) is 17.3 Å². The Morgan fingerprint density at radius 1 is 1.30 bits per heavy atom. The van der Waals surface area contributed by atoms with E-state index in [0.29, 0.717) is 4.91 Å². The van der Waals surface area contributed by atoms with Crippen LogP contribution in [0.15, 0.2) is 29.2 Å². The van der Waals surface area contributed by atoms with Gasteiger partial charge in [0, 0.05) is 0 Å². The van der Waals surface area contributed by atoms with E-state index in [1.807, 2.05) is 24.3 Å². The van der Waals surface area contributed by atoms with Crippen LogP contribution < -0.4 is 0 Å². The van der Waals surface area contributed by atoms with Crippen molar-refractivity contribution in [3.63, 3.8) is 0 Å². The van der Waals surface area contributed by atoms with Crippen LogP contribution in [0.5, 0.6) is 0 Å². The molecule has 122 valence electrons. The number of benzene rings is 1. The zero-order valence-electron chi connectivity index (χ0n) is 13.5. The molecule has 1 heterocycles. The number of hydrogen-bond donors (Lipinski definition) is 1. The average Bonchev–Trinajstić information content (AvgIpc) is 2.72. The van der Waals surface area contributed by atoms with Crippen LogP contribution in [0.3, 0.4) is 0 Å². The topological polar surface area (TPSA) is 57.6 Å². The number of carbonyl (C=O) groups is 2. The van der Waals surface area contributed by atoms with Crippen molar-refractivity contribution in [1.82, 2.24) is 4.90 Å². The second-order valence-electron chi connectivity index (χ2n) is 6.44. The Morgan fingerprint density at radius 3 is 2.35 bits per heavy atom. The molecule has 6 heteroatoms. The van der Waals surface area contributed by atoms with Crippen molar-refractivity contribution in [2.24, 2.45) is 0 Å². The van der Waals surface area contributed by atoms with Crippen LogP contribution in [-0.4, -0.2) is 32.2 Å². The van der Waals surface area contributed by atoms with Crippen molar-refractivity contribution in [1.29, 1.82) is 0 Å². The van der Waals surface area contributed by atoms with Crippen LogP contribution in [0.4, 0.5) is 0 Å². The molecular weight excluding hydrogens is 330 g/mol. The number of hydrogen-bond acceptors (Lipinski definition) is 4. The summed E-state index contributed by atoms with van der Waals surface area (Å²) in [5.74, 6) is -1.42. The van der Waals surface area contributed by atoms with Crippen LogP contribution in [0, 0.1) is 0 Å². The molecule has 1 aliphatic heterocycles. The maximum absolute atomic E-state index is 12.4. The van der Waals surface area contributed by atoms with Crippen molar-refractivity contribution in [3.05, 3.63) is 40.3 Å². The summed E-state index contributed by atoms with van der Waals surface area (Å²) in [6.45, 7) is 7.87. The van der Waals surface area contributed by atoms with Crippen molar-refractivity contribution in [3.8, 4) is 0 Å². The second-order valence-corrected chi connectivity index (χ2v) is 8.11. The van der Waals surface area contributed by atoms with E-state index in [1.54, 1.807) is 6.08 Å². The van der Waals surface area contributed by atoms with Gasteiger partial charge in [-0.15, -0.1) is 0 Å². The van der Waals surface area contributed by atoms with E-state index in [2.05, 4.69) is 20.8 Å². The van der Waals surface area contributed by atoms with Gasteiger partial charge < -0.3 is 5.11 Å². The fourth-order valence-corrected chi connectivity index (χ4v) is 3.57. The van der Waals surface area contributed by atoms with Gasteiger partial charge in [0.1, 0.15) is 10.4 Å². The van der Waals surface area contributed by atoms with Gasteiger partial charge in [-0.3, -0.25) is 9.69 Å². The third kappa shape index (κ3) is 3.82. The Balaban J connectivity index is 2.26. The number of aliphatic carboxylic acids is 1. The minimum Gasteiger partial charge on any atom is -0.480 e. The lowest BCUT2D eigenvalue weighted by Crippen LogP contribution is -2.41. The number of carboxylic acid groups (broad SMARTS) is 1. The number of amides is 1. The summed E-state index contributed by atoms with van der Waals surface area (Å²) in [7, 11) is 0. The zero-order chi connectivity index (χ0) is 17.4. The summed E-state index contributed by atoms with van der Waals surface area (Å²) >= 11 is 6.28. The molecule has 1 amide bonds. The molecule has 2 rings (SSSR count). The van der Waals surface area contributed by atoms with Crippen LogP contribution >= 0.6 is 24.0 Å². The number of carbonyl (C=O) groups excluding carboxylic acids is 1. The molecule has 1 aliphatic rings. The summed E-state index contributed by atoms with van der Waals surface area (Å²) in [6.07, 6.45) is 1.75. The first-order valence-corrected chi connectivity index (χ1v) is 8.44. The molecule has 0 aliphatic carbocycles. The highest BCUT2D eigenvalue weighted by Gasteiger charge is 2.38. The molecule has 1 N–H and O–H groups in total. The molecule has 0 radical (unpaired) electrons. The monoisotopic (exact) mass is 349 g/mol. The molecule has 0 spiro atoms. The summed E-state index contributed by atoms with van der Waals surface area (Å²) in [6, 6.07) is 7.01. The summed E-state index contributed by atoms with van der Waals surface area (Å²) < 4.78 is 0.280. The molecule has 1 saturated heterocycles. The van der Waals surface area contributed by atoms with Gasteiger partial charge in [-0.05, 0) is 29.5 Å². The van der Waals surface area contributed by atoms with E-state index in [0.717, 1.165) is 22.2 Å². The van der Waals surface area contributed by atoms with Gasteiger partial charge in [-0.2, -0.15) is 0 Å². The normalized spacial score (nSPS) is 18.6. The Morgan fingerprint density at radius 2 is 1.87 bits per heavy atom. The number of rotatable bonds is 3. The zero-order valence-corrected chi connectivity index (χ0v) is 15.1. The Kier molecular flexibility index (Phi) is 4.96. The van der Waals surface area contributed by atoms with E-state index in [-0.39, 0.29) is 15.6 Å². The smallest absolute Gasteiger partial charge is 0.326 e. The first-order valence-electron chi connectivity index (χ1n) is 7.21. The third-order valence-corrected chi connectivity index (χ3v) is 4.97. The Hall–Kier alpha value is -1.66. The van der Waals surface area contributed by atoms with Gasteiger partial charge in [0.2, 0.25) is 0 Å². The van der Waals surface area contributed by atoms with E-state index in [1.165, 1.54) is 12.5 Å². The highest BCUT2D eigenvalue weighted by molar-refractivity contribution is 8.26. The van der Waals surface area contributed by atoms with Crippen LogP contribution in [0.25, 0.3) is 6.08 Å². The van der Waals surface area contributed by atoms with Crippen molar-refractivity contribution in [2.45, 2.75) is 39.2 Å². The number of nitrogens with zero attached hydrogens (tertiary/aromatic N) is 1. The standard InChI is InChI=1S/C17H19NO3S2/c1-10(15(20)21)18-14(19)13(23-16(18)22)9-11-5-7-12(8-6-11)17(2,3)4/h5-10H,1-4H3,(H,20,21)/b13-9-. The van der Waals surface area contributed by atoms with Gasteiger partial charge in [-0.1, -0.05) is 69.0 Å². The van der Waals surface area contributed by atoms with E-state index >= 15 is 0 Å². The molecular formula is C17H19NO3S2. The average molecular weight is 349 g/mol. The molecule has 0 aromatic heterocycles. The fourth-order valence-electron chi connectivity index (χ4n) is 2.15. The minimum atomic E-state index is -1.07. The van der Waals surface area contributed by atoms with Crippen molar-refractivity contribution in [2.75, 3.05) is 0 Å². The van der Waals surface area contributed by atoms with Gasteiger partial charge in [-0.25, -0.2) is 4.79 Å². The largest absolute Gasteiger partial charge is 0.480 e. The highest BCUT2D eigenvalue weighted by atomic mass is 32.2. The first-order chi connectivity index (χ1) is 10.6. The molecule has 1 aromatic carbocycles. The summed E-state index contributed by atoms with van der Waals surface area (Å²) in [5, 5.41) is 9.08. The second kappa shape index (κ2) is 6.45. The van der Waals surface area contributed by atoms with Crippen LogP contribution in [0.1, 0.15) is 38.8 Å². The maximum atomic E-state index is 12.4. The van der Waals surface area contributed by atoms with Crippen LogP contribution in [-0.2, 0) is 15.0 Å². The lowest BCUT2D eigenvalue weighted by Gasteiger charge is -2.19. The maximum Gasteiger partial charge on any atom is 0.326 e. The number of thioether (sulfide) groups is 1. The van der Waals surface area contributed by atoms with Gasteiger partial charge >= 0.3 is 5.97 Å². The molecule has 1 fully saturated rings. The molecule has 1 aromatic rings. The van der Waals surface area contributed by atoms with Gasteiger partial charge in [0.15, 0.2) is 0 Å². The lowest BCUT2D eigenvalue weighted by atomic mass is 9.87. The first kappa shape index (κ1) is 17.7. The number of carboxylic acids is 1. The summed E-state index contributed by atoms with van der Waals surface area (Å²) in [4.78, 5) is 25.1. The van der Waals surface area contributed by atoms with E-state index < -0.39 is 12.0 Å². The van der Waals surface area contributed by atoms with Gasteiger partial charge in [0.05, 0.1) is 4.91 Å². The predicted molar refractivity (Wildman–Crippen MR) is 97.3 cm³/mol. The molecule has 4 nitrogen and oxygen atoms in total. The van der Waals surface area contributed by atoms with Crippen LogP contribution in [0.2, 0.25) is 0 Å². The molecule has 0 bridgehead atoms. The molecule has 1 atom stereocenters. The fraction of sp³-hybridized carbons (Fsp3) is 0.353. The summed E-state index contributed by atoms with van der Waals surface area (Å²) in [5.41, 5.74) is 2.17. The van der Waals surface area contributed by atoms with Crippen molar-refractivity contribution < 1.29 is 14.7 Å². The number of thiocarbonyl (C=S) groups is 1. The Labute approximate surface area is 145 Å². The predicted octanol–water partition coefficient (Wildman–Crippen LogP) is 3.66. The van der Waals surface area contributed by atoms with Crippen molar-refractivity contribution >= 4 is 46.3 Å². The third-order valence-electron chi connectivity index (χ3n) is 3.64. The highest BCUT2D eigenvalue weighted by Crippen LogP contribution is 2.34. The minimum absolute atomic E-state index is 0.0683. The Bertz CT molecular complexity index is 687. The van der Waals surface area contributed by atoms with Gasteiger partial charge in [0.25, 0.3) is 5.91 Å². The quantitative estimate of drug-likeness (QED) is 0.667. The molecule has 0 saturated carbocycles. The molecule has 1 unspecified atom stereocenters.